The zero-order valence-corrected chi connectivity index (χ0v) is 13.2. The first-order chi connectivity index (χ1) is 11.6. The molecular weight excluding hydrogens is 303 g/mol. The van der Waals surface area contributed by atoms with Crippen molar-refractivity contribution in [3.05, 3.63) is 89.7 Å². The van der Waals surface area contributed by atoms with Crippen LogP contribution in [0.1, 0.15) is 15.9 Å². The Morgan fingerprint density at radius 1 is 0.875 bits per heavy atom. The van der Waals surface area contributed by atoms with Crippen LogP contribution in [0, 0.1) is 12.7 Å². The van der Waals surface area contributed by atoms with Gasteiger partial charge in [-0.25, -0.2) is 4.39 Å². The molecule has 120 valence electrons. The zero-order valence-electron chi connectivity index (χ0n) is 13.2. The van der Waals surface area contributed by atoms with Crippen LogP contribution in [0.2, 0.25) is 0 Å². The smallest absolute Gasteiger partial charge is 0.255 e. The van der Waals surface area contributed by atoms with Crippen molar-refractivity contribution in [1.29, 1.82) is 0 Å². The van der Waals surface area contributed by atoms with Crippen molar-refractivity contribution in [1.82, 2.24) is 0 Å². The van der Waals surface area contributed by atoms with Gasteiger partial charge in [0.25, 0.3) is 5.91 Å². The first kappa shape index (κ1) is 15.7. The second-order valence-electron chi connectivity index (χ2n) is 5.51. The summed E-state index contributed by atoms with van der Waals surface area (Å²) in [5.41, 5.74) is 3.49. The van der Waals surface area contributed by atoms with E-state index >= 15 is 0 Å². The lowest BCUT2D eigenvalue weighted by molar-refractivity contribution is 0.102. The van der Waals surface area contributed by atoms with Gasteiger partial charge in [0.05, 0.1) is 5.69 Å². The molecule has 3 aromatic rings. The van der Waals surface area contributed by atoms with Gasteiger partial charge in [0, 0.05) is 16.9 Å². The van der Waals surface area contributed by atoms with Gasteiger partial charge in [0.2, 0.25) is 0 Å². The van der Waals surface area contributed by atoms with Crippen LogP contribution in [-0.2, 0) is 0 Å². The lowest BCUT2D eigenvalue weighted by Gasteiger charge is -2.09. The van der Waals surface area contributed by atoms with Crippen LogP contribution in [0.25, 0.3) is 0 Å². The number of aryl methyl sites for hydroxylation is 1. The minimum absolute atomic E-state index is 0.159. The molecule has 0 saturated heterocycles. The highest BCUT2D eigenvalue weighted by Crippen LogP contribution is 2.21. The first-order valence-electron chi connectivity index (χ1n) is 7.61. The highest BCUT2D eigenvalue weighted by atomic mass is 19.1. The Hall–Kier alpha value is -3.14. The maximum absolute atomic E-state index is 13.6. The second-order valence-corrected chi connectivity index (χ2v) is 5.51. The fourth-order valence-corrected chi connectivity index (χ4v) is 2.34. The summed E-state index contributed by atoms with van der Waals surface area (Å²) in [7, 11) is 0. The number of nitrogens with one attached hydrogen (secondary N) is 2. The van der Waals surface area contributed by atoms with Crippen LogP contribution >= 0.6 is 0 Å². The third kappa shape index (κ3) is 3.79. The van der Waals surface area contributed by atoms with Crippen LogP contribution < -0.4 is 10.6 Å². The Bertz CT molecular complexity index is 860. The minimum Gasteiger partial charge on any atom is -0.353 e. The van der Waals surface area contributed by atoms with E-state index < -0.39 is 0 Å². The van der Waals surface area contributed by atoms with Gasteiger partial charge in [0.15, 0.2) is 0 Å². The molecule has 0 unspecified atom stereocenters. The molecule has 4 heteroatoms. The van der Waals surface area contributed by atoms with Gasteiger partial charge in [-0.15, -0.1) is 0 Å². The monoisotopic (exact) mass is 320 g/mol. The largest absolute Gasteiger partial charge is 0.353 e. The maximum atomic E-state index is 13.6. The number of hydrogen-bond acceptors (Lipinski definition) is 2. The summed E-state index contributed by atoms with van der Waals surface area (Å²) in [4.78, 5) is 12.2. The molecule has 0 saturated carbocycles. The van der Waals surface area contributed by atoms with E-state index in [2.05, 4.69) is 10.6 Å². The third-order valence-corrected chi connectivity index (χ3v) is 3.58. The van der Waals surface area contributed by atoms with Crippen LogP contribution in [-0.4, -0.2) is 5.91 Å². The van der Waals surface area contributed by atoms with Gasteiger partial charge in [-0.2, -0.15) is 0 Å². The highest BCUT2D eigenvalue weighted by molar-refractivity contribution is 6.04. The van der Waals surface area contributed by atoms with Crippen LogP contribution in [0.15, 0.2) is 72.8 Å². The molecule has 0 spiro atoms. The van der Waals surface area contributed by atoms with E-state index in [9.17, 15) is 9.18 Å². The number of para-hydroxylation sites is 1. The van der Waals surface area contributed by atoms with Crippen molar-refractivity contribution < 1.29 is 9.18 Å². The van der Waals surface area contributed by atoms with Gasteiger partial charge >= 0.3 is 0 Å². The van der Waals surface area contributed by atoms with E-state index in [1.165, 1.54) is 6.07 Å². The Kier molecular flexibility index (Phi) is 4.57. The Labute approximate surface area is 140 Å². The Morgan fingerprint density at radius 2 is 1.58 bits per heavy atom. The highest BCUT2D eigenvalue weighted by Gasteiger charge is 2.06. The molecule has 24 heavy (non-hydrogen) atoms. The van der Waals surface area contributed by atoms with E-state index in [1.807, 2.05) is 25.1 Å². The van der Waals surface area contributed by atoms with Crippen molar-refractivity contribution in [2.45, 2.75) is 6.92 Å². The minimum atomic E-state index is -0.311. The molecule has 3 nitrogen and oxygen atoms in total. The maximum Gasteiger partial charge on any atom is 0.255 e. The molecule has 0 aliphatic carbocycles. The second kappa shape index (κ2) is 6.96. The van der Waals surface area contributed by atoms with Gasteiger partial charge in [-0.1, -0.05) is 29.8 Å². The number of rotatable bonds is 4. The van der Waals surface area contributed by atoms with Gasteiger partial charge < -0.3 is 10.6 Å². The summed E-state index contributed by atoms with van der Waals surface area (Å²) in [5.74, 6) is -0.470. The van der Waals surface area contributed by atoms with Crippen molar-refractivity contribution in [2.24, 2.45) is 0 Å². The van der Waals surface area contributed by atoms with E-state index in [0.29, 0.717) is 16.9 Å². The third-order valence-electron chi connectivity index (χ3n) is 3.58. The molecule has 0 heterocycles. The number of halogens is 1. The van der Waals surface area contributed by atoms with Crippen LogP contribution in [0.3, 0.4) is 0 Å². The molecule has 0 bridgehead atoms. The van der Waals surface area contributed by atoms with Crippen molar-refractivity contribution >= 4 is 23.0 Å². The van der Waals surface area contributed by atoms with E-state index in [1.54, 1.807) is 48.5 Å². The summed E-state index contributed by atoms with van der Waals surface area (Å²) < 4.78 is 13.6. The molecule has 3 rings (SSSR count). The summed E-state index contributed by atoms with van der Waals surface area (Å²) in [6, 6.07) is 21.0. The fourth-order valence-electron chi connectivity index (χ4n) is 2.34. The molecule has 0 aromatic heterocycles. The lowest BCUT2D eigenvalue weighted by Crippen LogP contribution is -2.11. The summed E-state index contributed by atoms with van der Waals surface area (Å²) in [6.07, 6.45) is 0. The predicted molar refractivity (Wildman–Crippen MR) is 95.3 cm³/mol. The topological polar surface area (TPSA) is 41.1 Å². The number of hydrogen-bond donors (Lipinski definition) is 2. The molecular formula is C20H17FN2O. The molecule has 3 aromatic carbocycles. The van der Waals surface area contributed by atoms with Crippen molar-refractivity contribution in [3.8, 4) is 0 Å². The Balaban J connectivity index is 1.68. The number of amides is 1. The van der Waals surface area contributed by atoms with Gasteiger partial charge in [-0.05, 0) is 55.5 Å². The number of benzene rings is 3. The SMILES string of the molecule is Cc1cccc(C(=O)Nc2ccc(Nc3ccccc3F)cc2)c1. The van der Waals surface area contributed by atoms with Gasteiger partial charge in [0.1, 0.15) is 5.82 Å². The molecule has 0 aliphatic heterocycles. The molecule has 2 N–H and O–H groups in total. The van der Waals surface area contributed by atoms with Crippen molar-refractivity contribution in [3.63, 3.8) is 0 Å². The van der Waals surface area contributed by atoms with Gasteiger partial charge in [-0.3, -0.25) is 4.79 Å². The predicted octanol–water partition coefficient (Wildman–Crippen LogP) is 5.13. The number of anilines is 3. The lowest BCUT2D eigenvalue weighted by atomic mass is 10.1. The van der Waals surface area contributed by atoms with Crippen LogP contribution in [0.4, 0.5) is 21.5 Å². The average Bonchev–Trinajstić information content (AvgIpc) is 2.58. The normalized spacial score (nSPS) is 10.2. The van der Waals surface area contributed by atoms with E-state index in [-0.39, 0.29) is 11.7 Å². The first-order valence-corrected chi connectivity index (χ1v) is 7.61. The van der Waals surface area contributed by atoms with Crippen molar-refractivity contribution in [2.75, 3.05) is 10.6 Å². The number of carbonyl (C=O) groups excluding carboxylic acids is 1. The molecule has 0 fully saturated rings. The summed E-state index contributed by atoms with van der Waals surface area (Å²) >= 11 is 0. The molecule has 0 aliphatic rings. The average molecular weight is 320 g/mol. The number of carbonyl (C=O) groups is 1. The zero-order chi connectivity index (χ0) is 16.9. The van der Waals surface area contributed by atoms with Crippen LogP contribution in [0.5, 0.6) is 0 Å². The summed E-state index contributed by atoms with van der Waals surface area (Å²) in [6.45, 7) is 1.94. The standard InChI is InChI=1S/C20H17FN2O/c1-14-5-4-6-15(13-14)20(24)23-17-11-9-16(10-12-17)22-19-8-3-2-7-18(19)21/h2-13,22H,1H3,(H,23,24). The quantitative estimate of drug-likeness (QED) is 0.699. The summed E-state index contributed by atoms with van der Waals surface area (Å²) in [5, 5.41) is 5.85. The molecule has 1 amide bonds. The molecule has 0 atom stereocenters. The van der Waals surface area contributed by atoms with E-state index in [4.69, 9.17) is 0 Å². The van der Waals surface area contributed by atoms with E-state index in [0.717, 1.165) is 11.3 Å². The Morgan fingerprint density at radius 3 is 2.29 bits per heavy atom. The fraction of sp³-hybridized carbons (Fsp3) is 0.0500. The molecule has 0 radical (unpaired) electrons.